The van der Waals surface area contributed by atoms with E-state index in [1.165, 1.54) is 0 Å². The van der Waals surface area contributed by atoms with E-state index in [2.05, 4.69) is 30.7 Å². The summed E-state index contributed by atoms with van der Waals surface area (Å²) in [5, 5.41) is 16.8. The van der Waals surface area contributed by atoms with Gasteiger partial charge in [-0.3, -0.25) is 15.0 Å². The highest BCUT2D eigenvalue weighted by atomic mass is 16.1. The summed E-state index contributed by atoms with van der Waals surface area (Å²) < 4.78 is 0. The third-order valence-electron chi connectivity index (χ3n) is 3.62. The Hall–Kier alpha value is -2.96. The lowest BCUT2D eigenvalue weighted by atomic mass is 10.1. The van der Waals surface area contributed by atoms with Crippen LogP contribution in [0.5, 0.6) is 0 Å². The predicted molar refractivity (Wildman–Crippen MR) is 87.0 cm³/mol. The van der Waals surface area contributed by atoms with Crippen LogP contribution in [0.25, 0.3) is 11.4 Å². The van der Waals surface area contributed by atoms with Crippen molar-refractivity contribution in [1.29, 1.82) is 0 Å². The number of hydrogen-bond acceptors (Lipinski definition) is 4. The molecular weight excluding hydrogens is 292 g/mol. The first-order valence-electron chi connectivity index (χ1n) is 7.32. The zero-order valence-electron chi connectivity index (χ0n) is 13.3. The summed E-state index contributed by atoms with van der Waals surface area (Å²) in [6, 6.07) is 7.47. The van der Waals surface area contributed by atoms with Crippen LogP contribution in [0.1, 0.15) is 22.8 Å². The molecule has 0 aliphatic heterocycles. The molecule has 0 bridgehead atoms. The summed E-state index contributed by atoms with van der Waals surface area (Å²) in [5.74, 6) is 1.28. The summed E-state index contributed by atoms with van der Waals surface area (Å²) in [7, 11) is 0. The second-order valence-electron chi connectivity index (χ2n) is 5.46. The lowest BCUT2D eigenvalue weighted by Gasteiger charge is -2.06. The molecule has 2 heterocycles. The summed E-state index contributed by atoms with van der Waals surface area (Å²) >= 11 is 0. The van der Waals surface area contributed by atoms with E-state index in [9.17, 15) is 4.79 Å². The Balaban J connectivity index is 1.74. The molecule has 0 spiro atoms. The lowest BCUT2D eigenvalue weighted by Crippen LogP contribution is -2.15. The highest BCUT2D eigenvalue weighted by molar-refractivity contribution is 5.93. The average molecular weight is 310 g/mol. The lowest BCUT2D eigenvalue weighted by molar-refractivity contribution is -0.115. The topological polar surface area (TPSA) is 99.3 Å². The fourth-order valence-corrected chi connectivity index (χ4v) is 2.41. The first kappa shape index (κ1) is 15.0. The highest BCUT2D eigenvalue weighted by Crippen LogP contribution is 2.20. The second kappa shape index (κ2) is 6.04. The number of aryl methyl sites for hydroxylation is 3. The number of aromatic amines is 2. The number of benzene rings is 1. The van der Waals surface area contributed by atoms with Crippen LogP contribution < -0.4 is 5.32 Å². The Morgan fingerprint density at radius 1 is 1.17 bits per heavy atom. The molecule has 1 aromatic carbocycles. The maximum atomic E-state index is 12.2. The van der Waals surface area contributed by atoms with Gasteiger partial charge in [-0.15, -0.1) is 0 Å². The number of carbonyl (C=O) groups excluding carboxylic acids is 1. The van der Waals surface area contributed by atoms with Crippen LogP contribution in [-0.4, -0.2) is 31.3 Å². The van der Waals surface area contributed by atoms with E-state index in [-0.39, 0.29) is 12.3 Å². The van der Waals surface area contributed by atoms with Crippen LogP contribution in [0, 0.1) is 20.8 Å². The van der Waals surface area contributed by atoms with E-state index in [1.807, 2.05) is 45.0 Å². The molecule has 2 aromatic heterocycles. The minimum absolute atomic E-state index is 0.0825. The van der Waals surface area contributed by atoms with Crippen molar-refractivity contribution in [1.82, 2.24) is 25.4 Å². The molecule has 0 unspecified atom stereocenters. The second-order valence-corrected chi connectivity index (χ2v) is 5.46. The summed E-state index contributed by atoms with van der Waals surface area (Å²) in [6.45, 7) is 5.64. The van der Waals surface area contributed by atoms with Crippen molar-refractivity contribution >= 4 is 11.6 Å². The molecule has 0 saturated carbocycles. The van der Waals surface area contributed by atoms with E-state index in [1.54, 1.807) is 0 Å². The van der Waals surface area contributed by atoms with Crippen LogP contribution in [0.15, 0.2) is 24.3 Å². The Labute approximate surface area is 133 Å². The molecule has 7 heteroatoms. The smallest absolute Gasteiger partial charge is 0.228 e. The molecular formula is C16H18N6O. The molecule has 0 radical (unpaired) electrons. The predicted octanol–water partition coefficient (Wildman–Crippen LogP) is 2.30. The first-order valence-corrected chi connectivity index (χ1v) is 7.32. The van der Waals surface area contributed by atoms with Gasteiger partial charge in [-0.2, -0.15) is 10.2 Å². The van der Waals surface area contributed by atoms with E-state index in [0.717, 1.165) is 28.3 Å². The van der Waals surface area contributed by atoms with Crippen molar-refractivity contribution < 1.29 is 4.79 Å². The number of H-pyrrole nitrogens is 2. The maximum Gasteiger partial charge on any atom is 0.228 e. The van der Waals surface area contributed by atoms with Gasteiger partial charge >= 0.3 is 0 Å². The number of carbonyl (C=O) groups is 1. The van der Waals surface area contributed by atoms with Gasteiger partial charge in [0, 0.05) is 22.5 Å². The van der Waals surface area contributed by atoms with E-state index in [0.29, 0.717) is 11.5 Å². The van der Waals surface area contributed by atoms with Gasteiger partial charge < -0.3 is 5.32 Å². The SMILES string of the molecule is Cc1nc(-c2cccc(NC(=O)Cc3c(C)n[nH]c3C)c2)n[nH]1. The molecule has 0 fully saturated rings. The van der Waals surface area contributed by atoms with Crippen LogP contribution >= 0.6 is 0 Å². The van der Waals surface area contributed by atoms with Gasteiger partial charge in [0.1, 0.15) is 5.82 Å². The molecule has 7 nitrogen and oxygen atoms in total. The monoisotopic (exact) mass is 310 g/mol. The number of amides is 1. The average Bonchev–Trinajstić information content (AvgIpc) is 3.08. The van der Waals surface area contributed by atoms with Gasteiger partial charge in [0.05, 0.1) is 12.1 Å². The number of hydrogen-bond donors (Lipinski definition) is 3. The largest absolute Gasteiger partial charge is 0.326 e. The van der Waals surface area contributed by atoms with Gasteiger partial charge in [-0.25, -0.2) is 4.98 Å². The minimum Gasteiger partial charge on any atom is -0.326 e. The van der Waals surface area contributed by atoms with Gasteiger partial charge in [-0.1, -0.05) is 12.1 Å². The summed E-state index contributed by atoms with van der Waals surface area (Å²) in [4.78, 5) is 16.5. The highest BCUT2D eigenvalue weighted by Gasteiger charge is 2.12. The van der Waals surface area contributed by atoms with Crippen molar-refractivity contribution in [2.75, 3.05) is 5.32 Å². The van der Waals surface area contributed by atoms with Gasteiger partial charge in [0.15, 0.2) is 5.82 Å². The first-order chi connectivity index (χ1) is 11.0. The molecule has 3 rings (SSSR count). The Kier molecular flexibility index (Phi) is 3.92. The molecule has 3 N–H and O–H groups in total. The van der Waals surface area contributed by atoms with Crippen molar-refractivity contribution in [3.8, 4) is 11.4 Å². The number of aromatic nitrogens is 5. The fourth-order valence-electron chi connectivity index (χ4n) is 2.41. The standard InChI is InChI=1S/C16H18N6O/c1-9-14(10(2)20-19-9)8-15(23)18-13-6-4-5-12(7-13)16-17-11(3)21-22-16/h4-7H,8H2,1-3H3,(H,18,23)(H,19,20)(H,17,21,22). The minimum atomic E-state index is -0.0825. The molecule has 1 amide bonds. The third kappa shape index (κ3) is 3.28. The molecule has 3 aromatic rings. The molecule has 0 aliphatic rings. The maximum absolute atomic E-state index is 12.2. The van der Waals surface area contributed by atoms with Crippen LogP contribution in [0.4, 0.5) is 5.69 Å². The summed E-state index contributed by atoms with van der Waals surface area (Å²) in [5.41, 5.74) is 4.27. The van der Waals surface area contributed by atoms with Crippen molar-refractivity contribution in [2.45, 2.75) is 27.2 Å². The van der Waals surface area contributed by atoms with Crippen molar-refractivity contribution in [3.63, 3.8) is 0 Å². The van der Waals surface area contributed by atoms with Crippen LogP contribution in [0.2, 0.25) is 0 Å². The summed E-state index contributed by atoms with van der Waals surface area (Å²) in [6.07, 6.45) is 0.290. The molecule has 118 valence electrons. The Bertz CT molecular complexity index is 828. The fraction of sp³-hybridized carbons (Fsp3) is 0.250. The molecule has 0 atom stereocenters. The number of nitrogens with zero attached hydrogens (tertiary/aromatic N) is 3. The van der Waals surface area contributed by atoms with Crippen LogP contribution in [-0.2, 0) is 11.2 Å². The number of rotatable bonds is 4. The zero-order valence-corrected chi connectivity index (χ0v) is 13.3. The Morgan fingerprint density at radius 3 is 2.65 bits per heavy atom. The Morgan fingerprint density at radius 2 is 2.00 bits per heavy atom. The van der Waals surface area contributed by atoms with Gasteiger partial charge in [0.2, 0.25) is 5.91 Å². The molecule has 0 saturated heterocycles. The van der Waals surface area contributed by atoms with E-state index < -0.39 is 0 Å². The van der Waals surface area contributed by atoms with Gasteiger partial charge in [-0.05, 0) is 32.9 Å². The third-order valence-corrected chi connectivity index (χ3v) is 3.62. The zero-order chi connectivity index (χ0) is 16.4. The van der Waals surface area contributed by atoms with Gasteiger partial charge in [0.25, 0.3) is 0 Å². The molecule has 23 heavy (non-hydrogen) atoms. The number of anilines is 1. The quantitative estimate of drug-likeness (QED) is 0.688. The van der Waals surface area contributed by atoms with E-state index in [4.69, 9.17) is 0 Å². The number of nitrogens with one attached hydrogen (secondary N) is 3. The molecule has 0 aliphatic carbocycles. The van der Waals surface area contributed by atoms with Crippen LogP contribution in [0.3, 0.4) is 0 Å². The van der Waals surface area contributed by atoms with Crippen molar-refractivity contribution in [3.05, 3.63) is 47.0 Å². The van der Waals surface area contributed by atoms with Crippen molar-refractivity contribution in [2.24, 2.45) is 0 Å². The normalized spacial score (nSPS) is 10.7. The van der Waals surface area contributed by atoms with E-state index >= 15 is 0 Å².